The molecule has 1 fully saturated rings. The van der Waals surface area contributed by atoms with Gasteiger partial charge in [-0.25, -0.2) is 4.98 Å². The van der Waals surface area contributed by atoms with Gasteiger partial charge in [-0.3, -0.25) is 4.68 Å². The molecule has 1 atom stereocenters. The molecule has 2 aromatic rings. The summed E-state index contributed by atoms with van der Waals surface area (Å²) in [5.74, 6) is 0. The van der Waals surface area contributed by atoms with Gasteiger partial charge in [0.1, 0.15) is 18.1 Å². The highest BCUT2D eigenvalue weighted by molar-refractivity contribution is 6.35. The summed E-state index contributed by atoms with van der Waals surface area (Å²) < 4.78 is 1.70. The Balaban J connectivity index is 1.81. The van der Waals surface area contributed by atoms with Gasteiger partial charge >= 0.3 is 0 Å². The molecule has 1 unspecified atom stereocenters. The number of halogens is 2. The van der Waals surface area contributed by atoms with Crippen LogP contribution in [-0.4, -0.2) is 39.3 Å². The molecule has 0 aliphatic carbocycles. The van der Waals surface area contributed by atoms with Gasteiger partial charge in [0.25, 0.3) is 0 Å². The molecule has 0 N–H and O–H groups in total. The van der Waals surface area contributed by atoms with Crippen molar-refractivity contribution in [3.63, 3.8) is 0 Å². The number of aromatic nitrogens is 3. The number of hydrogen-bond donors (Lipinski definition) is 0. The van der Waals surface area contributed by atoms with Crippen molar-refractivity contribution in [2.24, 2.45) is 0 Å². The number of hydrogen-bond acceptors (Lipinski definition) is 4. The predicted octanol–water partition coefficient (Wildman–Crippen LogP) is 4.31. The van der Waals surface area contributed by atoms with Crippen molar-refractivity contribution < 1.29 is 0 Å². The molecule has 1 aromatic heterocycles. The highest BCUT2D eigenvalue weighted by Gasteiger charge is 2.35. The molecule has 0 spiro atoms. The summed E-state index contributed by atoms with van der Waals surface area (Å²) in [6, 6.07) is 7.90. The van der Waals surface area contributed by atoms with Gasteiger partial charge < -0.3 is 4.90 Å². The Kier molecular flexibility index (Phi) is 6.53. The molecular weight excluding hydrogens is 369 g/mol. The second-order valence-electron chi connectivity index (χ2n) is 6.92. The van der Waals surface area contributed by atoms with Gasteiger partial charge in [-0.15, -0.1) is 0 Å². The first-order valence-corrected chi connectivity index (χ1v) is 9.80. The first kappa shape index (κ1) is 19.2. The van der Waals surface area contributed by atoms with Crippen molar-refractivity contribution in [2.45, 2.75) is 44.1 Å². The Labute approximate surface area is 164 Å². The van der Waals surface area contributed by atoms with E-state index >= 15 is 0 Å². The van der Waals surface area contributed by atoms with Crippen molar-refractivity contribution in [2.75, 3.05) is 19.6 Å². The van der Waals surface area contributed by atoms with Crippen LogP contribution < -0.4 is 0 Å². The number of rotatable bonds is 7. The predicted molar refractivity (Wildman–Crippen MR) is 103 cm³/mol. The molecule has 138 valence electrons. The van der Waals surface area contributed by atoms with E-state index in [1.54, 1.807) is 23.1 Å². The van der Waals surface area contributed by atoms with Crippen LogP contribution in [0.1, 0.15) is 37.7 Å². The van der Waals surface area contributed by atoms with E-state index in [1.807, 2.05) is 6.07 Å². The minimum atomic E-state index is -0.759. The maximum Gasteiger partial charge on any atom is 0.137 e. The Morgan fingerprint density at radius 1 is 1.19 bits per heavy atom. The lowest BCUT2D eigenvalue weighted by atomic mass is 9.77. The second kappa shape index (κ2) is 8.85. The molecule has 1 saturated heterocycles. The molecular formula is C19H23Cl2N5. The summed E-state index contributed by atoms with van der Waals surface area (Å²) in [6.07, 6.45) is 8.63. The zero-order valence-electron chi connectivity index (χ0n) is 14.7. The van der Waals surface area contributed by atoms with Crippen LogP contribution in [0.2, 0.25) is 10.0 Å². The van der Waals surface area contributed by atoms with Crippen LogP contribution in [0.25, 0.3) is 0 Å². The van der Waals surface area contributed by atoms with E-state index in [2.05, 4.69) is 21.1 Å². The maximum absolute atomic E-state index is 10.1. The van der Waals surface area contributed by atoms with Crippen LogP contribution in [0.3, 0.4) is 0 Å². The highest BCUT2D eigenvalue weighted by atomic mass is 35.5. The van der Waals surface area contributed by atoms with Crippen molar-refractivity contribution in [3.8, 4) is 6.07 Å². The molecule has 3 rings (SSSR count). The number of piperidine rings is 1. The quantitative estimate of drug-likeness (QED) is 0.705. The molecule has 2 heterocycles. The average molecular weight is 392 g/mol. The summed E-state index contributed by atoms with van der Waals surface area (Å²) in [5, 5.41) is 15.4. The van der Waals surface area contributed by atoms with E-state index < -0.39 is 5.41 Å². The lowest BCUT2D eigenvalue weighted by molar-refractivity contribution is 0.217. The summed E-state index contributed by atoms with van der Waals surface area (Å²) in [6.45, 7) is 3.74. The van der Waals surface area contributed by atoms with Crippen LogP contribution in [0.4, 0.5) is 0 Å². The molecule has 7 heteroatoms. The summed E-state index contributed by atoms with van der Waals surface area (Å²) in [5.41, 5.74) is 0.0470. The van der Waals surface area contributed by atoms with Crippen LogP contribution in [0, 0.1) is 11.3 Å². The van der Waals surface area contributed by atoms with E-state index in [-0.39, 0.29) is 0 Å². The van der Waals surface area contributed by atoms with E-state index in [4.69, 9.17) is 23.2 Å². The van der Waals surface area contributed by atoms with Crippen molar-refractivity contribution >= 4 is 23.2 Å². The van der Waals surface area contributed by atoms with E-state index in [0.717, 1.165) is 31.6 Å². The minimum absolute atomic E-state index is 0.421. The minimum Gasteiger partial charge on any atom is -0.303 e. The lowest BCUT2D eigenvalue weighted by Gasteiger charge is -2.31. The molecule has 5 nitrogen and oxygen atoms in total. The maximum atomic E-state index is 10.1. The monoisotopic (exact) mass is 391 g/mol. The number of nitrogens with zero attached hydrogens (tertiary/aromatic N) is 5. The normalized spacial score (nSPS) is 17.6. The fourth-order valence-electron chi connectivity index (χ4n) is 3.71. The fourth-order valence-corrected chi connectivity index (χ4v) is 4.30. The van der Waals surface area contributed by atoms with Gasteiger partial charge in [0.15, 0.2) is 0 Å². The first-order chi connectivity index (χ1) is 12.6. The van der Waals surface area contributed by atoms with E-state index in [1.165, 1.54) is 25.6 Å². The third-order valence-electron chi connectivity index (χ3n) is 5.09. The Morgan fingerprint density at radius 3 is 2.65 bits per heavy atom. The van der Waals surface area contributed by atoms with Crippen LogP contribution in [0.15, 0.2) is 30.9 Å². The number of nitriles is 1. The lowest BCUT2D eigenvalue weighted by Crippen LogP contribution is -2.34. The van der Waals surface area contributed by atoms with Crippen molar-refractivity contribution in [1.82, 2.24) is 19.7 Å². The zero-order valence-corrected chi connectivity index (χ0v) is 16.3. The SMILES string of the molecule is N#CC(CCCN1CCCCC1)(Cn1cncn1)c1ccc(Cl)cc1Cl. The van der Waals surface area contributed by atoms with Crippen molar-refractivity contribution in [3.05, 3.63) is 46.5 Å². The molecule has 26 heavy (non-hydrogen) atoms. The summed E-state index contributed by atoms with van der Waals surface area (Å²) in [7, 11) is 0. The van der Waals surface area contributed by atoms with Gasteiger partial charge in [-0.1, -0.05) is 35.7 Å². The summed E-state index contributed by atoms with van der Waals surface area (Å²) >= 11 is 12.5. The van der Waals surface area contributed by atoms with Gasteiger partial charge in [0.2, 0.25) is 0 Å². The third-order valence-corrected chi connectivity index (χ3v) is 5.63. The molecule has 0 amide bonds. The first-order valence-electron chi connectivity index (χ1n) is 9.04. The standard InChI is InChI=1S/C19H23Cl2N5/c20-16-5-6-17(18(21)11-16)19(12-22,13-26-15-23-14-24-26)7-4-10-25-8-2-1-3-9-25/h5-6,11,14-15H,1-4,7-10,13H2. The van der Waals surface area contributed by atoms with Gasteiger partial charge in [-0.2, -0.15) is 10.4 Å². The van der Waals surface area contributed by atoms with E-state index in [0.29, 0.717) is 23.0 Å². The number of benzene rings is 1. The molecule has 1 aliphatic rings. The largest absolute Gasteiger partial charge is 0.303 e. The third kappa shape index (κ3) is 4.56. The fraction of sp³-hybridized carbons (Fsp3) is 0.526. The average Bonchev–Trinajstić information content (AvgIpc) is 3.15. The van der Waals surface area contributed by atoms with E-state index in [9.17, 15) is 5.26 Å². The Bertz CT molecular complexity index is 750. The zero-order chi connectivity index (χ0) is 18.4. The van der Waals surface area contributed by atoms with Crippen LogP contribution in [-0.2, 0) is 12.0 Å². The molecule has 1 aromatic carbocycles. The molecule has 0 bridgehead atoms. The van der Waals surface area contributed by atoms with Gasteiger partial charge in [-0.05, 0) is 63.0 Å². The van der Waals surface area contributed by atoms with Gasteiger partial charge in [0.05, 0.1) is 12.6 Å². The van der Waals surface area contributed by atoms with Crippen LogP contribution >= 0.6 is 23.2 Å². The Morgan fingerprint density at radius 2 is 2.00 bits per heavy atom. The Hall–Kier alpha value is -1.61. The topological polar surface area (TPSA) is 57.7 Å². The summed E-state index contributed by atoms with van der Waals surface area (Å²) in [4.78, 5) is 6.50. The number of likely N-dealkylation sites (tertiary alicyclic amines) is 1. The van der Waals surface area contributed by atoms with Crippen molar-refractivity contribution in [1.29, 1.82) is 5.26 Å². The second-order valence-corrected chi connectivity index (χ2v) is 7.76. The smallest absolute Gasteiger partial charge is 0.137 e. The van der Waals surface area contributed by atoms with Gasteiger partial charge in [0, 0.05) is 10.0 Å². The molecule has 0 radical (unpaired) electrons. The molecule has 1 aliphatic heterocycles. The highest BCUT2D eigenvalue weighted by Crippen LogP contribution is 2.37. The molecule has 0 saturated carbocycles. The van der Waals surface area contributed by atoms with Crippen LogP contribution in [0.5, 0.6) is 0 Å².